The fourth-order valence-electron chi connectivity index (χ4n) is 2.23. The zero-order chi connectivity index (χ0) is 14.4. The van der Waals surface area contributed by atoms with Gasteiger partial charge in [0, 0.05) is 18.7 Å². The van der Waals surface area contributed by atoms with E-state index in [4.69, 9.17) is 4.74 Å². The summed E-state index contributed by atoms with van der Waals surface area (Å²) in [5.41, 5.74) is 0.833. The summed E-state index contributed by atoms with van der Waals surface area (Å²) < 4.78 is 10.1. The van der Waals surface area contributed by atoms with Gasteiger partial charge in [-0.1, -0.05) is 6.07 Å². The Balaban J connectivity index is 1.86. The summed E-state index contributed by atoms with van der Waals surface area (Å²) in [6.45, 7) is 1.39. The van der Waals surface area contributed by atoms with E-state index in [-0.39, 0.29) is 12.0 Å². The number of ether oxygens (including phenoxy) is 2. The molecule has 0 radical (unpaired) electrons. The highest BCUT2D eigenvalue weighted by Gasteiger charge is 2.16. The Labute approximate surface area is 118 Å². The molecule has 1 aromatic carbocycles. The molecular weight excluding hydrogens is 258 g/mol. The summed E-state index contributed by atoms with van der Waals surface area (Å²) in [7, 11) is 1.32. The SMILES string of the molecule is COC(=O)c1cccc(C(=O)NCCC2CCCO2)c1. The van der Waals surface area contributed by atoms with Crippen molar-refractivity contribution in [1.29, 1.82) is 0 Å². The fourth-order valence-corrected chi connectivity index (χ4v) is 2.23. The van der Waals surface area contributed by atoms with Crippen LogP contribution in [0.3, 0.4) is 0 Å². The molecule has 0 bridgehead atoms. The van der Waals surface area contributed by atoms with E-state index in [9.17, 15) is 9.59 Å². The van der Waals surface area contributed by atoms with Crippen LogP contribution in [0.15, 0.2) is 24.3 Å². The van der Waals surface area contributed by atoms with Gasteiger partial charge in [0.2, 0.25) is 0 Å². The molecule has 20 heavy (non-hydrogen) atoms. The van der Waals surface area contributed by atoms with E-state index < -0.39 is 5.97 Å². The minimum Gasteiger partial charge on any atom is -0.465 e. The van der Waals surface area contributed by atoms with Crippen LogP contribution >= 0.6 is 0 Å². The molecule has 1 aliphatic rings. The molecule has 1 amide bonds. The lowest BCUT2D eigenvalue weighted by atomic mass is 10.1. The average molecular weight is 277 g/mol. The third-order valence-corrected chi connectivity index (χ3v) is 3.32. The van der Waals surface area contributed by atoms with E-state index in [0.717, 1.165) is 25.9 Å². The second kappa shape index (κ2) is 7.05. The van der Waals surface area contributed by atoms with Gasteiger partial charge < -0.3 is 14.8 Å². The highest BCUT2D eigenvalue weighted by atomic mass is 16.5. The molecule has 0 aromatic heterocycles. The average Bonchev–Trinajstić information content (AvgIpc) is 2.99. The van der Waals surface area contributed by atoms with Crippen molar-refractivity contribution in [1.82, 2.24) is 5.32 Å². The smallest absolute Gasteiger partial charge is 0.337 e. The van der Waals surface area contributed by atoms with Crippen LogP contribution in [0.2, 0.25) is 0 Å². The molecule has 108 valence electrons. The van der Waals surface area contributed by atoms with Crippen molar-refractivity contribution in [2.75, 3.05) is 20.3 Å². The highest BCUT2D eigenvalue weighted by molar-refractivity contribution is 5.97. The summed E-state index contributed by atoms with van der Waals surface area (Å²) >= 11 is 0. The molecular formula is C15H19NO4. The summed E-state index contributed by atoms with van der Waals surface area (Å²) in [6, 6.07) is 6.50. The largest absolute Gasteiger partial charge is 0.465 e. The van der Waals surface area contributed by atoms with Gasteiger partial charge in [-0.2, -0.15) is 0 Å². The normalized spacial score (nSPS) is 17.8. The van der Waals surface area contributed by atoms with Crippen LogP contribution in [-0.2, 0) is 9.47 Å². The molecule has 1 aromatic rings. The number of hydrogen-bond acceptors (Lipinski definition) is 4. The van der Waals surface area contributed by atoms with Crippen molar-refractivity contribution in [3.05, 3.63) is 35.4 Å². The molecule has 0 spiro atoms. The number of methoxy groups -OCH3 is 1. The quantitative estimate of drug-likeness (QED) is 0.833. The van der Waals surface area contributed by atoms with Crippen LogP contribution in [0, 0.1) is 0 Å². The Morgan fingerprint density at radius 2 is 2.20 bits per heavy atom. The van der Waals surface area contributed by atoms with Crippen LogP contribution in [0.4, 0.5) is 0 Å². The van der Waals surface area contributed by atoms with Crippen molar-refractivity contribution >= 4 is 11.9 Å². The standard InChI is InChI=1S/C15H19NO4/c1-19-15(18)12-5-2-4-11(10-12)14(17)16-8-7-13-6-3-9-20-13/h2,4-5,10,13H,3,6-9H2,1H3,(H,16,17). The third kappa shape index (κ3) is 3.81. The first-order valence-electron chi connectivity index (χ1n) is 6.79. The number of amides is 1. The Kier molecular flexibility index (Phi) is 5.12. The molecule has 0 aliphatic carbocycles. The highest BCUT2D eigenvalue weighted by Crippen LogP contribution is 2.14. The molecule has 1 N–H and O–H groups in total. The molecule has 1 aliphatic heterocycles. The summed E-state index contributed by atoms with van der Waals surface area (Å²) in [5.74, 6) is -0.632. The minimum atomic E-state index is -0.445. The number of carbonyl (C=O) groups excluding carboxylic acids is 2. The predicted molar refractivity (Wildman–Crippen MR) is 73.7 cm³/mol. The van der Waals surface area contributed by atoms with E-state index in [0.29, 0.717) is 17.7 Å². The Morgan fingerprint density at radius 3 is 2.90 bits per heavy atom. The first kappa shape index (κ1) is 14.5. The number of nitrogens with one attached hydrogen (secondary N) is 1. The molecule has 2 rings (SSSR count). The summed E-state index contributed by atoms with van der Waals surface area (Å²) in [6.07, 6.45) is 3.24. The zero-order valence-electron chi connectivity index (χ0n) is 11.6. The van der Waals surface area contributed by atoms with Crippen molar-refractivity contribution < 1.29 is 19.1 Å². The first-order chi connectivity index (χ1) is 9.70. The molecule has 1 saturated heterocycles. The van der Waals surface area contributed by atoms with Crippen LogP contribution < -0.4 is 5.32 Å². The molecule has 1 heterocycles. The lowest BCUT2D eigenvalue weighted by Crippen LogP contribution is -2.27. The van der Waals surface area contributed by atoms with Gasteiger partial charge >= 0.3 is 5.97 Å². The van der Waals surface area contributed by atoms with Gasteiger partial charge in [0.25, 0.3) is 5.91 Å². The molecule has 5 nitrogen and oxygen atoms in total. The monoisotopic (exact) mass is 277 g/mol. The number of carbonyl (C=O) groups is 2. The third-order valence-electron chi connectivity index (χ3n) is 3.32. The van der Waals surface area contributed by atoms with Gasteiger partial charge in [0.05, 0.1) is 18.8 Å². The van der Waals surface area contributed by atoms with Crippen molar-refractivity contribution in [3.63, 3.8) is 0 Å². The van der Waals surface area contributed by atoms with Crippen molar-refractivity contribution in [2.24, 2.45) is 0 Å². The molecule has 5 heteroatoms. The molecule has 1 atom stereocenters. The van der Waals surface area contributed by atoms with Crippen LogP contribution in [0.25, 0.3) is 0 Å². The lowest BCUT2D eigenvalue weighted by molar-refractivity contribution is 0.0600. The Morgan fingerprint density at radius 1 is 1.40 bits per heavy atom. The topological polar surface area (TPSA) is 64.6 Å². The minimum absolute atomic E-state index is 0.186. The lowest BCUT2D eigenvalue weighted by Gasteiger charge is -2.10. The van der Waals surface area contributed by atoms with Gasteiger partial charge in [0.15, 0.2) is 0 Å². The van der Waals surface area contributed by atoms with Gasteiger partial charge in [0.1, 0.15) is 0 Å². The van der Waals surface area contributed by atoms with Crippen LogP contribution in [0.1, 0.15) is 40.0 Å². The number of hydrogen-bond donors (Lipinski definition) is 1. The Hall–Kier alpha value is -1.88. The van der Waals surface area contributed by atoms with E-state index in [1.54, 1.807) is 18.2 Å². The molecule has 1 fully saturated rings. The summed E-state index contributed by atoms with van der Waals surface area (Å²) in [4.78, 5) is 23.4. The van der Waals surface area contributed by atoms with E-state index >= 15 is 0 Å². The predicted octanol–water partition coefficient (Wildman–Crippen LogP) is 1.77. The maximum Gasteiger partial charge on any atom is 0.337 e. The van der Waals surface area contributed by atoms with E-state index in [2.05, 4.69) is 10.1 Å². The van der Waals surface area contributed by atoms with Crippen molar-refractivity contribution in [2.45, 2.75) is 25.4 Å². The van der Waals surface area contributed by atoms with E-state index in [1.165, 1.54) is 13.2 Å². The number of benzene rings is 1. The maximum absolute atomic E-state index is 12.0. The number of esters is 1. The van der Waals surface area contributed by atoms with Gasteiger partial charge in [-0.25, -0.2) is 4.79 Å². The first-order valence-corrected chi connectivity index (χ1v) is 6.79. The van der Waals surface area contributed by atoms with Gasteiger partial charge in [-0.05, 0) is 37.5 Å². The second-order valence-electron chi connectivity index (χ2n) is 4.75. The van der Waals surface area contributed by atoms with Gasteiger partial charge in [-0.15, -0.1) is 0 Å². The molecule has 1 unspecified atom stereocenters. The maximum atomic E-state index is 12.0. The van der Waals surface area contributed by atoms with Crippen LogP contribution in [-0.4, -0.2) is 38.2 Å². The van der Waals surface area contributed by atoms with Gasteiger partial charge in [-0.3, -0.25) is 4.79 Å². The van der Waals surface area contributed by atoms with E-state index in [1.807, 2.05) is 0 Å². The second-order valence-corrected chi connectivity index (χ2v) is 4.75. The number of rotatable bonds is 5. The summed E-state index contributed by atoms with van der Waals surface area (Å²) in [5, 5.41) is 2.84. The Bertz CT molecular complexity index is 481. The fraction of sp³-hybridized carbons (Fsp3) is 0.467. The molecule has 0 saturated carbocycles. The zero-order valence-corrected chi connectivity index (χ0v) is 11.6. The van der Waals surface area contributed by atoms with Crippen LogP contribution in [0.5, 0.6) is 0 Å². The van der Waals surface area contributed by atoms with Crippen molar-refractivity contribution in [3.8, 4) is 0 Å².